The number of carbonyl (C=O) groups is 1. The van der Waals surface area contributed by atoms with E-state index in [-0.39, 0.29) is 32.4 Å². The van der Waals surface area contributed by atoms with Gasteiger partial charge in [-0.05, 0) is 56.7 Å². The van der Waals surface area contributed by atoms with Crippen LogP contribution in [0.15, 0.2) is 54.6 Å². The molecule has 1 aromatic carbocycles. The highest BCUT2D eigenvalue weighted by Gasteiger charge is 2.27. The molecule has 1 fully saturated rings. The maximum Gasteiger partial charge on any atom is 0.305 e. The van der Waals surface area contributed by atoms with Gasteiger partial charge in [-0.1, -0.05) is 63.1 Å². The molecule has 8 nitrogen and oxygen atoms in total. The van der Waals surface area contributed by atoms with Crippen molar-refractivity contribution in [3.05, 3.63) is 64.8 Å². The molecule has 216 valence electrons. The number of hydrogen-bond acceptors (Lipinski definition) is 7. The zero-order valence-corrected chi connectivity index (χ0v) is 22.8. The van der Waals surface area contributed by atoms with E-state index < -0.39 is 17.6 Å². The van der Waals surface area contributed by atoms with Crippen molar-refractivity contribution >= 4 is 5.97 Å². The number of para-hydroxylation sites is 1. The van der Waals surface area contributed by atoms with Gasteiger partial charge in [0.2, 0.25) is 0 Å². The van der Waals surface area contributed by atoms with Crippen LogP contribution in [0.2, 0.25) is 0 Å². The van der Waals surface area contributed by atoms with E-state index in [0.717, 1.165) is 44.6 Å². The molecule has 0 amide bonds. The summed E-state index contributed by atoms with van der Waals surface area (Å²) in [7, 11) is 0. The first-order chi connectivity index (χ1) is 18.3. The smallest absolute Gasteiger partial charge is 0.305 e. The molecule has 0 unspecified atom stereocenters. The Balaban J connectivity index is 0.000000676. The monoisotopic (exact) mass is 543 g/mol. The zero-order valence-electron chi connectivity index (χ0n) is 22.8. The van der Waals surface area contributed by atoms with Crippen molar-refractivity contribution in [1.82, 2.24) is 0 Å². The number of esters is 1. The predicted octanol–water partition coefficient (Wildman–Crippen LogP) is 6.97. The van der Waals surface area contributed by atoms with Gasteiger partial charge in [-0.25, -0.2) is 0 Å². The molecule has 0 bridgehead atoms. The Morgan fingerprint density at radius 3 is 2.39 bits per heavy atom. The van der Waals surface area contributed by atoms with Gasteiger partial charge in [0.05, 0.1) is 13.2 Å². The molecule has 0 aromatic heterocycles. The molecule has 1 aliphatic carbocycles. The summed E-state index contributed by atoms with van der Waals surface area (Å²) in [6, 6.07) is 8.71. The molecule has 38 heavy (non-hydrogen) atoms. The summed E-state index contributed by atoms with van der Waals surface area (Å²) in [6.07, 6.45) is 13.0. The zero-order chi connectivity index (χ0) is 28.5. The lowest BCUT2D eigenvalue weighted by atomic mass is 10.1. The van der Waals surface area contributed by atoms with Gasteiger partial charge in [-0.3, -0.25) is 4.79 Å². The minimum Gasteiger partial charge on any atom is -0.487 e. The molecule has 10 heteroatoms. The van der Waals surface area contributed by atoms with E-state index in [1.807, 2.05) is 39.0 Å². The second kappa shape index (κ2) is 23.1. The molecule has 0 radical (unpaired) electrons. The van der Waals surface area contributed by atoms with E-state index in [2.05, 4.69) is 4.84 Å². The minimum atomic E-state index is -2.89. The first kappa shape index (κ1) is 35.0. The van der Waals surface area contributed by atoms with Crippen molar-refractivity contribution in [3.8, 4) is 5.75 Å². The maximum atomic E-state index is 13.6. The van der Waals surface area contributed by atoms with E-state index in [4.69, 9.17) is 14.2 Å². The molecule has 0 aliphatic heterocycles. The third-order valence-electron chi connectivity index (χ3n) is 5.09. The number of benzene rings is 1. The van der Waals surface area contributed by atoms with E-state index in [9.17, 15) is 23.7 Å². The topological polar surface area (TPSA) is 97.1 Å². The van der Waals surface area contributed by atoms with Crippen LogP contribution in [0.5, 0.6) is 5.75 Å². The van der Waals surface area contributed by atoms with Crippen LogP contribution in [0, 0.1) is 16.0 Å². The SMILES string of the molecule is C/C=C\CCCC(=O)OCCOCCO[N+](=O)[O-].CC.FC(F)(/C=C/C1CCCC1)COc1ccccc1. The lowest BCUT2D eigenvalue weighted by Crippen LogP contribution is -2.23. The highest BCUT2D eigenvalue weighted by atomic mass is 19.3. The lowest BCUT2D eigenvalue weighted by Gasteiger charge is -2.14. The van der Waals surface area contributed by atoms with Gasteiger partial charge in [0.25, 0.3) is 11.0 Å². The molecule has 2 rings (SSSR count). The Labute approximate surface area is 225 Å². The lowest BCUT2D eigenvalue weighted by molar-refractivity contribution is -0.758. The van der Waals surface area contributed by atoms with Crippen LogP contribution in [0.4, 0.5) is 8.78 Å². The largest absolute Gasteiger partial charge is 0.487 e. The van der Waals surface area contributed by atoms with Crippen LogP contribution >= 0.6 is 0 Å². The van der Waals surface area contributed by atoms with E-state index in [0.29, 0.717) is 18.1 Å². The van der Waals surface area contributed by atoms with Crippen molar-refractivity contribution in [3.63, 3.8) is 0 Å². The number of allylic oxidation sites excluding steroid dienone is 3. The number of rotatable bonds is 16. The highest BCUT2D eigenvalue weighted by molar-refractivity contribution is 5.69. The molecule has 0 spiro atoms. The standard InChI is InChI=1S/C15H18F2O.C11H19NO6.C2H6/c16-15(17,11-10-13-6-4-5-7-13)12-18-14-8-2-1-3-9-14;1-2-3-4-5-6-11(13)17-9-7-16-8-10-18-12(14)15;1-2/h1-3,8-11,13H,4-7,12H2;2-3H,4-10H2,1H3;1-2H3/b11-10+;3-2-;. The maximum absolute atomic E-state index is 13.6. The Kier molecular flexibility index (Phi) is 21.3. The Bertz CT molecular complexity index is 783. The first-order valence-corrected chi connectivity index (χ1v) is 13.2. The van der Waals surface area contributed by atoms with Crippen LogP contribution < -0.4 is 4.74 Å². The third kappa shape index (κ3) is 21.1. The van der Waals surface area contributed by atoms with Gasteiger partial charge in [-0.15, -0.1) is 10.1 Å². The summed E-state index contributed by atoms with van der Waals surface area (Å²) >= 11 is 0. The fraction of sp³-hybridized carbons (Fsp3) is 0.607. The quantitative estimate of drug-likeness (QED) is 0.0730. The van der Waals surface area contributed by atoms with E-state index in [1.54, 1.807) is 30.3 Å². The normalized spacial score (nSPS) is 13.4. The second-order valence-electron chi connectivity index (χ2n) is 8.12. The number of hydrogen-bond donors (Lipinski definition) is 0. The molecule has 0 saturated heterocycles. The van der Waals surface area contributed by atoms with Gasteiger partial charge in [0.1, 0.15) is 19.0 Å². The Hall–Kier alpha value is -3.01. The highest BCUT2D eigenvalue weighted by Crippen LogP contribution is 2.27. The molecule has 0 atom stereocenters. The molecular weight excluding hydrogens is 500 g/mol. The van der Waals surface area contributed by atoms with Gasteiger partial charge < -0.3 is 19.0 Å². The van der Waals surface area contributed by atoms with Crippen molar-refractivity contribution < 1.29 is 37.7 Å². The number of unbranched alkanes of at least 4 members (excludes halogenated alkanes) is 1. The summed E-state index contributed by atoms with van der Waals surface area (Å²) < 4.78 is 42.0. The number of alkyl halides is 2. The molecule has 0 heterocycles. The van der Waals surface area contributed by atoms with Crippen LogP contribution in [0.3, 0.4) is 0 Å². The molecular formula is C28H43F2NO7. The summed E-state index contributed by atoms with van der Waals surface area (Å²) in [6.45, 7) is 5.67. The Morgan fingerprint density at radius 1 is 1.11 bits per heavy atom. The third-order valence-corrected chi connectivity index (χ3v) is 5.09. The van der Waals surface area contributed by atoms with Crippen LogP contribution in [0.25, 0.3) is 0 Å². The van der Waals surface area contributed by atoms with Crippen molar-refractivity contribution in [1.29, 1.82) is 0 Å². The van der Waals surface area contributed by atoms with E-state index in [1.165, 1.54) is 0 Å². The minimum absolute atomic E-state index is 0.0970. The van der Waals surface area contributed by atoms with Gasteiger partial charge >= 0.3 is 5.97 Å². The first-order valence-electron chi connectivity index (χ1n) is 13.2. The van der Waals surface area contributed by atoms with Crippen molar-refractivity contribution in [2.45, 2.75) is 71.6 Å². The van der Waals surface area contributed by atoms with Gasteiger partial charge in [0.15, 0.2) is 6.61 Å². The molecule has 1 aromatic rings. The number of halogens is 2. The number of nitrogens with zero attached hydrogens (tertiary/aromatic N) is 1. The average molecular weight is 544 g/mol. The molecule has 1 aliphatic rings. The van der Waals surface area contributed by atoms with Gasteiger partial charge in [0, 0.05) is 6.42 Å². The van der Waals surface area contributed by atoms with Crippen LogP contribution in [0.1, 0.15) is 65.7 Å². The number of carbonyl (C=O) groups excluding carboxylic acids is 1. The second-order valence-corrected chi connectivity index (χ2v) is 8.12. The summed E-state index contributed by atoms with van der Waals surface area (Å²) in [4.78, 5) is 25.0. The predicted molar refractivity (Wildman–Crippen MR) is 143 cm³/mol. The van der Waals surface area contributed by atoms with Crippen molar-refractivity contribution in [2.24, 2.45) is 5.92 Å². The van der Waals surface area contributed by atoms with Gasteiger partial charge in [-0.2, -0.15) is 8.78 Å². The van der Waals surface area contributed by atoms with E-state index >= 15 is 0 Å². The molecule has 1 saturated carbocycles. The fourth-order valence-corrected chi connectivity index (χ4v) is 3.26. The fourth-order valence-electron chi connectivity index (χ4n) is 3.26. The van der Waals surface area contributed by atoms with Crippen LogP contribution in [-0.4, -0.2) is 50.0 Å². The number of ether oxygens (including phenoxy) is 3. The Morgan fingerprint density at radius 2 is 1.76 bits per heavy atom. The average Bonchev–Trinajstić information content (AvgIpc) is 3.44. The van der Waals surface area contributed by atoms with Crippen molar-refractivity contribution in [2.75, 3.05) is 33.0 Å². The summed E-state index contributed by atoms with van der Waals surface area (Å²) in [5, 5.41) is 8.90. The summed E-state index contributed by atoms with van der Waals surface area (Å²) in [5.74, 6) is -2.35. The van der Waals surface area contributed by atoms with Crippen LogP contribution in [-0.2, 0) is 19.1 Å². The summed E-state index contributed by atoms with van der Waals surface area (Å²) in [5.41, 5.74) is 0. The molecule has 0 N–H and O–H groups in total.